The van der Waals surface area contributed by atoms with Gasteiger partial charge in [0.05, 0.1) is 6.21 Å². The maximum absolute atomic E-state index is 4.62. The number of unbranched alkanes of at least 4 members (excludes halogenated alkanes) is 7. The molecule has 0 spiro atoms. The summed E-state index contributed by atoms with van der Waals surface area (Å²) in [5, 5.41) is 5.49. The van der Waals surface area contributed by atoms with Crippen LogP contribution in [0.3, 0.4) is 0 Å². The number of benzene rings is 1. The fourth-order valence-corrected chi connectivity index (χ4v) is 4.24. The number of hydrogen-bond donors (Lipinski definition) is 0. The van der Waals surface area contributed by atoms with Crippen LogP contribution < -0.4 is 0 Å². The maximum Gasteiger partial charge on any atom is 0.185 e. The predicted octanol–water partition coefficient (Wildman–Crippen LogP) is 6.25. The van der Waals surface area contributed by atoms with Crippen LogP contribution in [-0.2, 0) is 0 Å². The molecule has 0 bridgehead atoms. The van der Waals surface area contributed by atoms with Crippen LogP contribution in [0.1, 0.15) is 69.7 Å². The van der Waals surface area contributed by atoms with Crippen LogP contribution in [0.25, 0.3) is 11.2 Å². The van der Waals surface area contributed by atoms with Gasteiger partial charge in [-0.05, 0) is 24.7 Å². The van der Waals surface area contributed by atoms with Crippen LogP contribution in [-0.4, -0.2) is 31.6 Å². The van der Waals surface area contributed by atoms with E-state index in [0.29, 0.717) is 0 Å². The average molecular weight is 410 g/mol. The summed E-state index contributed by atoms with van der Waals surface area (Å²) < 4.78 is 1.73. The second-order valence-electron chi connectivity index (χ2n) is 7.32. The molecule has 5 nitrogen and oxygen atoms in total. The van der Waals surface area contributed by atoms with E-state index < -0.39 is 0 Å². The third-order valence-electron chi connectivity index (χ3n) is 4.83. The van der Waals surface area contributed by atoms with Crippen molar-refractivity contribution in [1.29, 1.82) is 0 Å². The molecule has 6 heteroatoms. The van der Waals surface area contributed by atoms with Crippen molar-refractivity contribution >= 4 is 29.1 Å². The van der Waals surface area contributed by atoms with Crippen LogP contribution >= 0.6 is 11.8 Å². The van der Waals surface area contributed by atoms with Gasteiger partial charge in [-0.3, -0.25) is 0 Å². The Bertz CT molecular complexity index is 904. The molecule has 0 N–H and O–H groups in total. The third kappa shape index (κ3) is 6.67. The fourth-order valence-electron chi connectivity index (χ4n) is 3.22. The summed E-state index contributed by atoms with van der Waals surface area (Å²) in [7, 11) is 0. The second-order valence-corrected chi connectivity index (χ2v) is 8.40. The van der Waals surface area contributed by atoms with Gasteiger partial charge in [0.2, 0.25) is 0 Å². The minimum absolute atomic E-state index is 0.757. The standard InChI is InChI=1S/C23H31N5S/c1-3-4-5-6-7-8-9-13-16-29-23-21-22(26-19(2)27-23)28(18-24-21)25-17-20-14-11-10-12-15-20/h10-12,14-15,17-18H,3-9,13,16H2,1-2H3/b25-17+. The highest BCUT2D eigenvalue weighted by Crippen LogP contribution is 2.25. The topological polar surface area (TPSA) is 56.0 Å². The van der Waals surface area contributed by atoms with E-state index in [9.17, 15) is 0 Å². The quantitative estimate of drug-likeness (QED) is 0.153. The molecule has 3 rings (SSSR count). The molecule has 0 aliphatic carbocycles. The molecule has 0 aliphatic heterocycles. The lowest BCUT2D eigenvalue weighted by Gasteiger charge is -2.04. The highest BCUT2D eigenvalue weighted by atomic mass is 32.2. The number of hydrogen-bond acceptors (Lipinski definition) is 5. The molecule has 0 radical (unpaired) electrons. The van der Waals surface area contributed by atoms with Gasteiger partial charge in [0, 0.05) is 0 Å². The predicted molar refractivity (Wildman–Crippen MR) is 123 cm³/mol. The summed E-state index contributed by atoms with van der Waals surface area (Å²) in [4.78, 5) is 13.7. The molecular weight excluding hydrogens is 378 g/mol. The summed E-state index contributed by atoms with van der Waals surface area (Å²) in [6.45, 7) is 4.19. The van der Waals surface area contributed by atoms with Crippen molar-refractivity contribution in [2.75, 3.05) is 5.75 Å². The van der Waals surface area contributed by atoms with E-state index in [1.807, 2.05) is 43.5 Å². The Morgan fingerprint density at radius 2 is 1.69 bits per heavy atom. The number of aryl methyl sites for hydroxylation is 1. The summed E-state index contributed by atoms with van der Waals surface area (Å²) in [6, 6.07) is 10.0. The van der Waals surface area contributed by atoms with Crippen LogP contribution in [0.4, 0.5) is 0 Å². The van der Waals surface area contributed by atoms with Crippen LogP contribution in [0, 0.1) is 6.92 Å². The molecular formula is C23H31N5S. The first kappa shape index (κ1) is 21.5. The van der Waals surface area contributed by atoms with E-state index in [0.717, 1.165) is 33.3 Å². The van der Waals surface area contributed by atoms with Crippen LogP contribution in [0.2, 0.25) is 0 Å². The maximum atomic E-state index is 4.62. The van der Waals surface area contributed by atoms with Crippen molar-refractivity contribution in [1.82, 2.24) is 19.6 Å². The van der Waals surface area contributed by atoms with Crippen molar-refractivity contribution in [3.63, 3.8) is 0 Å². The first-order chi connectivity index (χ1) is 14.3. The van der Waals surface area contributed by atoms with E-state index >= 15 is 0 Å². The number of thioether (sulfide) groups is 1. The van der Waals surface area contributed by atoms with Gasteiger partial charge in [-0.15, -0.1) is 11.8 Å². The van der Waals surface area contributed by atoms with Crippen molar-refractivity contribution < 1.29 is 0 Å². The molecule has 3 aromatic rings. The molecule has 0 atom stereocenters. The normalized spacial score (nSPS) is 11.7. The highest BCUT2D eigenvalue weighted by molar-refractivity contribution is 7.99. The van der Waals surface area contributed by atoms with Gasteiger partial charge in [0.1, 0.15) is 22.7 Å². The van der Waals surface area contributed by atoms with E-state index in [4.69, 9.17) is 0 Å². The van der Waals surface area contributed by atoms with Gasteiger partial charge in [-0.2, -0.15) is 5.10 Å². The molecule has 1 aromatic carbocycles. The first-order valence-electron chi connectivity index (χ1n) is 10.7. The smallest absolute Gasteiger partial charge is 0.185 e. The number of aromatic nitrogens is 4. The molecule has 2 heterocycles. The Labute approximate surface area is 178 Å². The SMILES string of the molecule is CCCCCCCCCCSc1nc(C)nc2c1ncn2/N=C/c1ccccc1. The molecule has 0 aliphatic rings. The van der Waals surface area contributed by atoms with E-state index in [-0.39, 0.29) is 0 Å². The molecule has 29 heavy (non-hydrogen) atoms. The zero-order valence-electron chi connectivity index (χ0n) is 17.5. The number of nitrogens with zero attached hydrogens (tertiary/aromatic N) is 5. The van der Waals surface area contributed by atoms with Gasteiger partial charge in [0.25, 0.3) is 0 Å². The molecule has 0 fully saturated rings. The van der Waals surface area contributed by atoms with Crippen molar-refractivity contribution in [2.45, 2.75) is 70.2 Å². The minimum Gasteiger partial charge on any atom is -0.230 e. The number of rotatable bonds is 12. The van der Waals surface area contributed by atoms with Gasteiger partial charge in [-0.1, -0.05) is 82.2 Å². The Morgan fingerprint density at radius 3 is 2.45 bits per heavy atom. The van der Waals surface area contributed by atoms with E-state index in [1.54, 1.807) is 22.8 Å². The fraction of sp³-hybridized carbons (Fsp3) is 0.478. The monoisotopic (exact) mass is 409 g/mol. The second kappa shape index (κ2) is 11.7. The van der Waals surface area contributed by atoms with Crippen molar-refractivity contribution in [2.24, 2.45) is 5.10 Å². The zero-order valence-corrected chi connectivity index (χ0v) is 18.4. The summed E-state index contributed by atoms with van der Waals surface area (Å²) in [6.07, 6.45) is 14.2. The Morgan fingerprint density at radius 1 is 0.966 bits per heavy atom. The summed E-state index contributed by atoms with van der Waals surface area (Å²) in [5.41, 5.74) is 2.65. The molecule has 2 aromatic heterocycles. The minimum atomic E-state index is 0.757. The van der Waals surface area contributed by atoms with E-state index in [2.05, 4.69) is 27.0 Å². The Kier molecular flexibility index (Phi) is 8.68. The lowest BCUT2D eigenvalue weighted by molar-refractivity contribution is 0.586. The number of imidazole rings is 1. The third-order valence-corrected chi connectivity index (χ3v) is 5.88. The number of fused-ring (bicyclic) bond motifs is 1. The van der Waals surface area contributed by atoms with Crippen molar-refractivity contribution in [3.05, 3.63) is 48.0 Å². The van der Waals surface area contributed by atoms with Crippen molar-refractivity contribution in [3.8, 4) is 0 Å². The molecule has 154 valence electrons. The van der Waals surface area contributed by atoms with Gasteiger partial charge >= 0.3 is 0 Å². The lowest BCUT2D eigenvalue weighted by atomic mass is 10.1. The molecule has 0 saturated carbocycles. The Hall–Kier alpha value is -2.21. The summed E-state index contributed by atoms with van der Waals surface area (Å²) >= 11 is 1.78. The van der Waals surface area contributed by atoms with Crippen LogP contribution in [0.15, 0.2) is 46.8 Å². The largest absolute Gasteiger partial charge is 0.230 e. The molecule has 0 amide bonds. The highest BCUT2D eigenvalue weighted by Gasteiger charge is 2.12. The van der Waals surface area contributed by atoms with E-state index in [1.165, 1.54) is 51.4 Å². The summed E-state index contributed by atoms with van der Waals surface area (Å²) in [5.74, 6) is 1.83. The van der Waals surface area contributed by atoms with Gasteiger partial charge in [-0.25, -0.2) is 19.6 Å². The lowest BCUT2D eigenvalue weighted by Crippen LogP contribution is -1.97. The van der Waals surface area contributed by atoms with Crippen LogP contribution in [0.5, 0.6) is 0 Å². The van der Waals surface area contributed by atoms with Gasteiger partial charge < -0.3 is 0 Å². The Balaban J connectivity index is 1.55. The molecule has 0 unspecified atom stereocenters. The zero-order chi connectivity index (χ0) is 20.3. The first-order valence-corrected chi connectivity index (χ1v) is 11.7. The molecule has 0 saturated heterocycles. The average Bonchev–Trinajstić information content (AvgIpc) is 3.14. The van der Waals surface area contributed by atoms with Gasteiger partial charge in [0.15, 0.2) is 5.65 Å².